The number of rotatable bonds is 8. The quantitative estimate of drug-likeness (QED) is 0.634. The Kier molecular flexibility index (Phi) is 6.38. The molecule has 0 aliphatic carbocycles. The molecule has 0 radical (unpaired) electrons. The normalized spacial score (nSPS) is 13.3. The van der Waals surface area contributed by atoms with E-state index in [1.807, 2.05) is 6.92 Å². The van der Waals surface area contributed by atoms with E-state index in [0.29, 0.717) is 6.42 Å². The zero-order valence-corrected chi connectivity index (χ0v) is 12.3. The van der Waals surface area contributed by atoms with E-state index in [1.54, 1.807) is 0 Å². The minimum atomic E-state index is -3.76. The van der Waals surface area contributed by atoms with Crippen LogP contribution in [0.3, 0.4) is 0 Å². The summed E-state index contributed by atoms with van der Waals surface area (Å²) in [6, 6.07) is 3.18. The SMILES string of the molecule is CCCC(CCO)CNS(=O)(=O)c1ccc(F)cc1N. The Morgan fingerprint density at radius 3 is 2.65 bits per heavy atom. The Balaban J connectivity index is 2.78. The third-order valence-corrected chi connectivity index (χ3v) is 4.56. The third-order valence-electron chi connectivity index (χ3n) is 3.06. The van der Waals surface area contributed by atoms with E-state index < -0.39 is 15.8 Å². The molecule has 0 amide bonds. The van der Waals surface area contributed by atoms with Crippen molar-refractivity contribution in [2.45, 2.75) is 31.1 Å². The average Bonchev–Trinajstić information content (AvgIpc) is 2.36. The summed E-state index contributed by atoms with van der Waals surface area (Å²) in [7, 11) is -3.76. The maximum absolute atomic E-state index is 12.9. The number of halogens is 1. The minimum absolute atomic E-state index is 0.0189. The van der Waals surface area contributed by atoms with Gasteiger partial charge in [0.05, 0.1) is 5.69 Å². The summed E-state index contributed by atoms with van der Waals surface area (Å²) < 4.78 is 39.6. The van der Waals surface area contributed by atoms with E-state index in [9.17, 15) is 12.8 Å². The molecule has 1 rings (SSSR count). The second-order valence-corrected chi connectivity index (χ2v) is 6.44. The molecule has 7 heteroatoms. The molecule has 0 saturated carbocycles. The van der Waals surface area contributed by atoms with Gasteiger partial charge in [-0.1, -0.05) is 13.3 Å². The van der Waals surface area contributed by atoms with Crippen molar-refractivity contribution in [3.05, 3.63) is 24.0 Å². The monoisotopic (exact) mass is 304 g/mol. The molecule has 0 fully saturated rings. The molecule has 0 aliphatic heterocycles. The summed E-state index contributed by atoms with van der Waals surface area (Å²) in [5.74, 6) is -0.507. The van der Waals surface area contributed by atoms with Gasteiger partial charge in [0.15, 0.2) is 0 Å². The molecular formula is C13H21FN2O3S. The molecule has 20 heavy (non-hydrogen) atoms. The number of hydrogen-bond acceptors (Lipinski definition) is 4. The van der Waals surface area contributed by atoms with E-state index >= 15 is 0 Å². The Morgan fingerprint density at radius 1 is 1.40 bits per heavy atom. The van der Waals surface area contributed by atoms with E-state index in [-0.39, 0.29) is 29.7 Å². The molecule has 1 atom stereocenters. The van der Waals surface area contributed by atoms with Gasteiger partial charge in [-0.05, 0) is 37.0 Å². The van der Waals surface area contributed by atoms with Crippen molar-refractivity contribution in [1.82, 2.24) is 4.72 Å². The summed E-state index contributed by atoms with van der Waals surface area (Å²) in [6.45, 7) is 2.25. The van der Waals surface area contributed by atoms with E-state index in [4.69, 9.17) is 10.8 Å². The first-order chi connectivity index (χ1) is 9.40. The second kappa shape index (κ2) is 7.56. The third kappa shape index (κ3) is 4.73. The van der Waals surface area contributed by atoms with Crippen LogP contribution in [0.5, 0.6) is 0 Å². The highest BCUT2D eigenvalue weighted by Gasteiger charge is 2.19. The predicted molar refractivity (Wildman–Crippen MR) is 76.1 cm³/mol. The maximum Gasteiger partial charge on any atom is 0.242 e. The van der Waals surface area contributed by atoms with Crippen molar-refractivity contribution in [3.8, 4) is 0 Å². The number of aliphatic hydroxyl groups excluding tert-OH is 1. The molecule has 0 aliphatic rings. The first-order valence-corrected chi connectivity index (χ1v) is 8.04. The number of nitrogens with one attached hydrogen (secondary N) is 1. The van der Waals surface area contributed by atoms with Crippen LogP contribution < -0.4 is 10.5 Å². The summed E-state index contributed by atoms with van der Waals surface area (Å²) in [5.41, 5.74) is 5.41. The van der Waals surface area contributed by atoms with Crippen LogP contribution in [0.1, 0.15) is 26.2 Å². The van der Waals surface area contributed by atoms with Crippen LogP contribution in [0.15, 0.2) is 23.1 Å². The number of sulfonamides is 1. The zero-order chi connectivity index (χ0) is 15.2. The van der Waals surface area contributed by atoms with E-state index in [2.05, 4.69) is 4.72 Å². The van der Waals surface area contributed by atoms with Gasteiger partial charge in [0.2, 0.25) is 10.0 Å². The van der Waals surface area contributed by atoms with Gasteiger partial charge in [-0.3, -0.25) is 0 Å². The van der Waals surface area contributed by atoms with Gasteiger partial charge < -0.3 is 10.8 Å². The largest absolute Gasteiger partial charge is 0.398 e. The highest BCUT2D eigenvalue weighted by atomic mass is 32.2. The van der Waals surface area contributed by atoms with Crippen LogP contribution in [-0.2, 0) is 10.0 Å². The van der Waals surface area contributed by atoms with Crippen LogP contribution in [0.2, 0.25) is 0 Å². The molecule has 0 bridgehead atoms. The average molecular weight is 304 g/mol. The molecule has 0 spiro atoms. The second-order valence-electron chi connectivity index (χ2n) is 4.70. The molecule has 1 aromatic carbocycles. The van der Waals surface area contributed by atoms with Crippen LogP contribution in [-0.4, -0.2) is 26.7 Å². The van der Waals surface area contributed by atoms with Crippen molar-refractivity contribution in [2.24, 2.45) is 5.92 Å². The number of benzene rings is 1. The standard InChI is InChI=1S/C13H21FN2O3S/c1-2-3-10(6-7-17)9-16-20(18,19)13-5-4-11(14)8-12(13)15/h4-5,8,10,16-17H,2-3,6-7,9,15H2,1H3. The minimum Gasteiger partial charge on any atom is -0.398 e. The van der Waals surface area contributed by atoms with Crippen molar-refractivity contribution in [2.75, 3.05) is 18.9 Å². The molecule has 0 aromatic heterocycles. The van der Waals surface area contributed by atoms with Gasteiger partial charge >= 0.3 is 0 Å². The fraction of sp³-hybridized carbons (Fsp3) is 0.538. The molecule has 5 nitrogen and oxygen atoms in total. The fourth-order valence-electron chi connectivity index (χ4n) is 2.01. The zero-order valence-electron chi connectivity index (χ0n) is 11.5. The van der Waals surface area contributed by atoms with Gasteiger partial charge in [-0.2, -0.15) is 0 Å². The molecule has 114 valence electrons. The van der Waals surface area contributed by atoms with Crippen LogP contribution in [0, 0.1) is 11.7 Å². The van der Waals surface area contributed by atoms with Gasteiger partial charge in [-0.15, -0.1) is 0 Å². The first-order valence-electron chi connectivity index (χ1n) is 6.56. The number of aliphatic hydroxyl groups is 1. The molecule has 1 unspecified atom stereocenters. The van der Waals surface area contributed by atoms with E-state index in [1.165, 1.54) is 0 Å². The topological polar surface area (TPSA) is 92.4 Å². The molecule has 1 aromatic rings. The van der Waals surface area contributed by atoms with Crippen LogP contribution in [0.4, 0.5) is 10.1 Å². The maximum atomic E-state index is 12.9. The van der Waals surface area contributed by atoms with Crippen molar-refractivity contribution in [1.29, 1.82) is 0 Å². The van der Waals surface area contributed by atoms with Crippen LogP contribution >= 0.6 is 0 Å². The van der Waals surface area contributed by atoms with Gasteiger partial charge in [0.1, 0.15) is 10.7 Å². The lowest BCUT2D eigenvalue weighted by molar-refractivity contribution is 0.251. The number of nitrogens with two attached hydrogens (primary N) is 1. The molecular weight excluding hydrogens is 283 g/mol. The Hall–Kier alpha value is -1.18. The fourth-order valence-corrected chi connectivity index (χ4v) is 3.24. The van der Waals surface area contributed by atoms with Gasteiger partial charge in [0, 0.05) is 13.2 Å². The van der Waals surface area contributed by atoms with Gasteiger partial charge in [0.25, 0.3) is 0 Å². The van der Waals surface area contributed by atoms with Gasteiger partial charge in [-0.25, -0.2) is 17.5 Å². The summed E-state index contributed by atoms with van der Waals surface area (Å²) >= 11 is 0. The summed E-state index contributed by atoms with van der Waals surface area (Å²) in [4.78, 5) is -0.127. The van der Waals surface area contributed by atoms with Crippen molar-refractivity contribution < 1.29 is 17.9 Å². The van der Waals surface area contributed by atoms with E-state index in [0.717, 1.165) is 31.0 Å². The number of anilines is 1. The van der Waals surface area contributed by atoms with Crippen molar-refractivity contribution >= 4 is 15.7 Å². The highest BCUT2D eigenvalue weighted by molar-refractivity contribution is 7.89. The lowest BCUT2D eigenvalue weighted by Gasteiger charge is -2.16. The Labute approximate surface area is 119 Å². The Morgan fingerprint density at radius 2 is 2.10 bits per heavy atom. The highest BCUT2D eigenvalue weighted by Crippen LogP contribution is 2.19. The smallest absolute Gasteiger partial charge is 0.242 e. The molecule has 4 N–H and O–H groups in total. The molecule has 0 heterocycles. The number of nitrogen functional groups attached to an aromatic ring is 1. The predicted octanol–water partition coefficient (Wildman–Crippen LogP) is 1.48. The molecule has 0 saturated heterocycles. The summed E-state index contributed by atoms with van der Waals surface area (Å²) in [5, 5.41) is 8.95. The Bertz CT molecular complexity index is 528. The lowest BCUT2D eigenvalue weighted by Crippen LogP contribution is -2.30. The lowest BCUT2D eigenvalue weighted by atomic mass is 10.0. The number of hydrogen-bond donors (Lipinski definition) is 3. The van der Waals surface area contributed by atoms with Crippen LogP contribution in [0.25, 0.3) is 0 Å². The first kappa shape index (κ1) is 16.9. The van der Waals surface area contributed by atoms with Crippen molar-refractivity contribution in [3.63, 3.8) is 0 Å². The summed E-state index contributed by atoms with van der Waals surface area (Å²) in [6.07, 6.45) is 2.27.